The quantitative estimate of drug-likeness (QED) is 0.862. The number of hydrogen-bond donors (Lipinski definition) is 1. The van der Waals surface area contributed by atoms with E-state index in [4.69, 9.17) is 44.2 Å². The number of nitrogens with one attached hydrogen (secondary N) is 1. The Morgan fingerprint density at radius 2 is 1.55 bits per heavy atom. The Morgan fingerprint density at radius 1 is 1.00 bits per heavy atom. The van der Waals surface area contributed by atoms with E-state index in [2.05, 4.69) is 5.32 Å². The lowest BCUT2D eigenvalue weighted by Crippen LogP contribution is -2.02. The lowest BCUT2D eigenvalue weighted by Gasteiger charge is -2.10. The van der Waals surface area contributed by atoms with E-state index < -0.39 is 0 Å². The molecular formula is C13H5Cl2N5. The average Bonchev–Trinajstić information content (AvgIpc) is 2.42. The van der Waals surface area contributed by atoms with E-state index in [1.165, 1.54) is 12.1 Å². The molecule has 7 heteroatoms. The van der Waals surface area contributed by atoms with Gasteiger partial charge in [0.15, 0.2) is 5.57 Å². The number of rotatable bonds is 3. The molecular weight excluding hydrogens is 297 g/mol. The molecule has 0 atom stereocenters. The maximum Gasteiger partial charge on any atom is 0.163 e. The van der Waals surface area contributed by atoms with Crippen LogP contribution in [-0.2, 0) is 6.42 Å². The van der Waals surface area contributed by atoms with E-state index in [-0.39, 0.29) is 33.4 Å². The third kappa shape index (κ3) is 3.41. The molecule has 0 amide bonds. The van der Waals surface area contributed by atoms with Crippen LogP contribution in [0, 0.1) is 45.3 Å². The molecule has 0 bridgehead atoms. The van der Waals surface area contributed by atoms with E-state index in [0.29, 0.717) is 5.56 Å². The number of allylic oxidation sites excluding steroid dienone is 2. The minimum atomic E-state index is -0.374. The maximum absolute atomic E-state index is 8.94. The van der Waals surface area contributed by atoms with Crippen molar-refractivity contribution in [1.82, 2.24) is 0 Å². The van der Waals surface area contributed by atoms with Crippen LogP contribution in [0.25, 0.3) is 0 Å². The maximum atomic E-state index is 8.94. The summed E-state index contributed by atoms with van der Waals surface area (Å²) in [4.78, 5) is 0. The van der Waals surface area contributed by atoms with Crippen LogP contribution in [-0.4, -0.2) is 0 Å². The lowest BCUT2D eigenvalue weighted by atomic mass is 10.1. The van der Waals surface area contributed by atoms with Gasteiger partial charge >= 0.3 is 0 Å². The molecule has 0 unspecified atom stereocenters. The van der Waals surface area contributed by atoms with E-state index >= 15 is 0 Å². The highest BCUT2D eigenvalue weighted by Gasteiger charge is 2.12. The summed E-state index contributed by atoms with van der Waals surface area (Å²) in [6, 6.07) is 9.90. The second kappa shape index (κ2) is 7.03. The molecule has 0 aromatic heterocycles. The van der Waals surface area contributed by atoms with Gasteiger partial charge in [0.1, 0.15) is 23.9 Å². The number of benzene rings is 1. The van der Waals surface area contributed by atoms with E-state index in [0.717, 1.165) is 0 Å². The van der Waals surface area contributed by atoms with Gasteiger partial charge in [0.25, 0.3) is 0 Å². The molecule has 0 aliphatic heterocycles. The Bertz CT molecular complexity index is 699. The standard InChI is InChI=1S/C13H5Cl2N5/c14-10-3-8(1-2-16)4-11(15)13(10)20-12(7-19)9(5-17)6-18/h3-4,20H,1H2. The predicted octanol–water partition coefficient (Wildman–Crippen LogP) is 3.30. The van der Waals surface area contributed by atoms with Gasteiger partial charge in [0, 0.05) is 0 Å². The van der Waals surface area contributed by atoms with Crippen molar-refractivity contribution in [2.75, 3.05) is 5.32 Å². The van der Waals surface area contributed by atoms with Crippen molar-refractivity contribution >= 4 is 28.9 Å². The van der Waals surface area contributed by atoms with Gasteiger partial charge in [0.05, 0.1) is 28.2 Å². The topological polar surface area (TPSA) is 107 Å². The first-order chi connectivity index (χ1) is 9.57. The molecule has 0 heterocycles. The summed E-state index contributed by atoms with van der Waals surface area (Å²) in [7, 11) is 0. The second-order valence-corrected chi connectivity index (χ2v) is 4.29. The van der Waals surface area contributed by atoms with Gasteiger partial charge in [-0.25, -0.2) is 0 Å². The van der Waals surface area contributed by atoms with Crippen LogP contribution < -0.4 is 5.32 Å². The molecule has 1 aromatic rings. The van der Waals surface area contributed by atoms with Crippen molar-refractivity contribution in [2.45, 2.75) is 6.42 Å². The average molecular weight is 302 g/mol. The SMILES string of the molecule is N#CCc1cc(Cl)c(NC(C#N)=C(C#N)C#N)c(Cl)c1. The molecule has 0 spiro atoms. The zero-order valence-electron chi connectivity index (χ0n) is 9.91. The first-order valence-corrected chi connectivity index (χ1v) is 5.89. The fraction of sp³-hybridized carbons (Fsp3) is 0.0769. The number of anilines is 1. The normalized spacial score (nSPS) is 8.50. The van der Waals surface area contributed by atoms with Gasteiger partial charge in [-0.3, -0.25) is 0 Å². The van der Waals surface area contributed by atoms with Gasteiger partial charge in [-0.15, -0.1) is 0 Å². The predicted molar refractivity (Wildman–Crippen MR) is 73.3 cm³/mol. The summed E-state index contributed by atoms with van der Waals surface area (Å²) in [5.74, 6) is 0. The Morgan fingerprint density at radius 3 is 1.95 bits per heavy atom. The van der Waals surface area contributed by atoms with Crippen LogP contribution in [0.5, 0.6) is 0 Å². The fourth-order valence-electron chi connectivity index (χ4n) is 1.35. The highest BCUT2D eigenvalue weighted by atomic mass is 35.5. The summed E-state index contributed by atoms with van der Waals surface area (Å²) in [5, 5.41) is 38.0. The van der Waals surface area contributed by atoms with Gasteiger partial charge in [-0.05, 0) is 17.7 Å². The van der Waals surface area contributed by atoms with E-state index in [1.807, 2.05) is 6.07 Å². The Labute approximate surface area is 125 Å². The van der Waals surface area contributed by atoms with Gasteiger partial charge in [-0.2, -0.15) is 21.0 Å². The molecule has 1 rings (SSSR count). The Balaban J connectivity index is 3.29. The molecule has 5 nitrogen and oxygen atoms in total. The summed E-state index contributed by atoms with van der Waals surface area (Å²) in [5.41, 5.74) is 0.207. The highest BCUT2D eigenvalue weighted by Crippen LogP contribution is 2.33. The third-order valence-electron chi connectivity index (χ3n) is 2.22. The van der Waals surface area contributed by atoms with Gasteiger partial charge in [0.2, 0.25) is 0 Å². The van der Waals surface area contributed by atoms with Crippen molar-refractivity contribution in [3.05, 3.63) is 39.0 Å². The first kappa shape index (κ1) is 15.4. The second-order valence-electron chi connectivity index (χ2n) is 3.48. The minimum Gasteiger partial charge on any atom is -0.343 e. The molecule has 1 aromatic carbocycles. The Hall–Kier alpha value is -2.70. The van der Waals surface area contributed by atoms with Crippen LogP contribution in [0.15, 0.2) is 23.4 Å². The summed E-state index contributed by atoms with van der Waals surface area (Å²) in [6.07, 6.45) is 0.141. The van der Waals surface area contributed by atoms with Gasteiger partial charge < -0.3 is 5.32 Å². The monoisotopic (exact) mass is 301 g/mol. The molecule has 96 valence electrons. The molecule has 0 fully saturated rings. The van der Waals surface area contributed by atoms with Crippen molar-refractivity contribution in [1.29, 1.82) is 21.0 Å². The largest absolute Gasteiger partial charge is 0.343 e. The van der Waals surface area contributed by atoms with Crippen LogP contribution in [0.3, 0.4) is 0 Å². The Kier molecular flexibility index (Phi) is 5.40. The zero-order chi connectivity index (χ0) is 15.1. The first-order valence-electron chi connectivity index (χ1n) is 5.13. The number of halogens is 2. The molecule has 20 heavy (non-hydrogen) atoms. The number of nitriles is 4. The molecule has 0 saturated heterocycles. The zero-order valence-corrected chi connectivity index (χ0v) is 11.4. The van der Waals surface area contributed by atoms with Crippen molar-refractivity contribution in [2.24, 2.45) is 0 Å². The molecule has 1 N–H and O–H groups in total. The molecule has 0 radical (unpaired) electrons. The van der Waals surface area contributed by atoms with Crippen LogP contribution in [0.4, 0.5) is 5.69 Å². The highest BCUT2D eigenvalue weighted by molar-refractivity contribution is 6.39. The van der Waals surface area contributed by atoms with E-state index in [1.54, 1.807) is 18.2 Å². The van der Waals surface area contributed by atoms with Crippen molar-refractivity contribution < 1.29 is 0 Å². The summed E-state index contributed by atoms with van der Waals surface area (Å²) < 4.78 is 0. The minimum absolute atomic E-state index is 0.141. The number of hydrogen-bond acceptors (Lipinski definition) is 5. The summed E-state index contributed by atoms with van der Waals surface area (Å²) >= 11 is 12.0. The van der Waals surface area contributed by atoms with E-state index in [9.17, 15) is 0 Å². The van der Waals surface area contributed by atoms with Crippen LogP contribution >= 0.6 is 23.2 Å². The van der Waals surface area contributed by atoms with Crippen molar-refractivity contribution in [3.8, 4) is 24.3 Å². The van der Waals surface area contributed by atoms with Gasteiger partial charge in [-0.1, -0.05) is 23.2 Å². The lowest BCUT2D eigenvalue weighted by molar-refractivity contribution is 1.26. The number of nitrogens with zero attached hydrogens (tertiary/aromatic N) is 4. The van der Waals surface area contributed by atoms with Crippen molar-refractivity contribution in [3.63, 3.8) is 0 Å². The summed E-state index contributed by atoms with van der Waals surface area (Å²) in [6.45, 7) is 0. The van der Waals surface area contributed by atoms with Crippen LogP contribution in [0.2, 0.25) is 10.0 Å². The molecule has 0 aliphatic carbocycles. The van der Waals surface area contributed by atoms with Crippen LogP contribution in [0.1, 0.15) is 5.56 Å². The smallest absolute Gasteiger partial charge is 0.163 e. The molecule has 0 saturated carbocycles. The third-order valence-corrected chi connectivity index (χ3v) is 2.82. The fourth-order valence-corrected chi connectivity index (χ4v) is 1.97. The molecule has 0 aliphatic rings.